The quantitative estimate of drug-likeness (QED) is 0.740. The van der Waals surface area contributed by atoms with Crippen molar-refractivity contribution in [2.24, 2.45) is 0 Å². The van der Waals surface area contributed by atoms with E-state index < -0.39 is 6.09 Å². The topological polar surface area (TPSA) is 97.3 Å². The normalized spacial score (nSPS) is 19.2. The number of carboxylic acid groups (broad SMARTS) is 1. The van der Waals surface area contributed by atoms with Crippen molar-refractivity contribution in [2.45, 2.75) is 12.5 Å². The third-order valence-corrected chi connectivity index (χ3v) is 4.24. The van der Waals surface area contributed by atoms with Gasteiger partial charge < -0.3 is 20.3 Å². The van der Waals surface area contributed by atoms with E-state index in [0.29, 0.717) is 18.9 Å². The van der Waals surface area contributed by atoms with E-state index in [1.165, 1.54) is 11.2 Å². The number of carbonyl (C=O) groups is 1. The zero-order chi connectivity index (χ0) is 13.6. The minimum Gasteiger partial charge on any atom is -0.465 e. The van der Waals surface area contributed by atoms with E-state index in [-0.39, 0.29) is 6.04 Å². The molecule has 2 aromatic heterocycles. The lowest BCUT2D eigenvalue weighted by Gasteiger charge is -2.14. The van der Waals surface area contributed by atoms with E-state index in [9.17, 15) is 4.79 Å². The first kappa shape index (κ1) is 12.5. The van der Waals surface area contributed by atoms with Crippen molar-refractivity contribution in [3.63, 3.8) is 0 Å². The first-order valence-electron chi connectivity index (χ1n) is 5.82. The lowest BCUT2D eigenvalue weighted by atomic mass is 10.2. The van der Waals surface area contributed by atoms with E-state index in [1.807, 2.05) is 10.8 Å². The number of hydrogen-bond acceptors (Lipinski definition) is 4. The molecule has 3 N–H and O–H groups in total. The molecule has 1 fully saturated rings. The maximum atomic E-state index is 11.0. The number of amides is 1. The molecule has 19 heavy (non-hydrogen) atoms. The van der Waals surface area contributed by atoms with Crippen molar-refractivity contribution in [2.75, 3.05) is 18.8 Å². The van der Waals surface area contributed by atoms with Gasteiger partial charge in [-0.2, -0.15) is 0 Å². The number of fused-ring (bicyclic) bond motifs is 1. The molecule has 1 aliphatic rings. The molecule has 0 aromatic carbocycles. The first-order valence-corrected chi connectivity index (χ1v) is 6.90. The number of nitrogen functional groups attached to an aromatic ring is 1. The lowest BCUT2D eigenvalue weighted by molar-refractivity contribution is 0.154. The van der Waals surface area contributed by atoms with Gasteiger partial charge in [0, 0.05) is 22.9 Å². The summed E-state index contributed by atoms with van der Waals surface area (Å²) in [7, 11) is 0. The number of nitrogens with zero attached hydrogens (tertiary/aromatic N) is 4. The van der Waals surface area contributed by atoms with Crippen LogP contribution in [0.25, 0.3) is 11.0 Å². The Balaban J connectivity index is 2.03. The van der Waals surface area contributed by atoms with E-state index in [4.69, 9.17) is 10.8 Å². The van der Waals surface area contributed by atoms with E-state index in [2.05, 4.69) is 32.6 Å². The summed E-state index contributed by atoms with van der Waals surface area (Å²) in [5, 5.41) is 9.85. The number of anilines is 1. The second kappa shape index (κ2) is 4.51. The Morgan fingerprint density at radius 1 is 1.53 bits per heavy atom. The molecule has 0 aliphatic carbocycles. The summed E-state index contributed by atoms with van der Waals surface area (Å²) in [5.74, 6) is 0.459. The fraction of sp³-hybridized carbons (Fsp3) is 0.364. The van der Waals surface area contributed by atoms with Gasteiger partial charge in [-0.1, -0.05) is 0 Å². The highest BCUT2D eigenvalue weighted by molar-refractivity contribution is 14.1. The molecule has 1 saturated heterocycles. The molecule has 3 heterocycles. The molecule has 0 unspecified atom stereocenters. The van der Waals surface area contributed by atoms with Gasteiger partial charge in [-0.25, -0.2) is 14.8 Å². The van der Waals surface area contributed by atoms with Gasteiger partial charge in [0.1, 0.15) is 17.8 Å². The van der Waals surface area contributed by atoms with Crippen LogP contribution in [0.2, 0.25) is 0 Å². The van der Waals surface area contributed by atoms with Gasteiger partial charge in [-0.05, 0) is 29.0 Å². The van der Waals surface area contributed by atoms with E-state index in [1.54, 1.807) is 0 Å². The second-order valence-electron chi connectivity index (χ2n) is 4.51. The number of aromatic nitrogens is 3. The number of halogens is 1. The molecular formula is C11H12IN5O2. The monoisotopic (exact) mass is 373 g/mol. The van der Waals surface area contributed by atoms with Gasteiger partial charge in [0.2, 0.25) is 0 Å². The molecule has 2 aromatic rings. The summed E-state index contributed by atoms with van der Waals surface area (Å²) < 4.78 is 3.00. The van der Waals surface area contributed by atoms with Crippen LogP contribution in [-0.2, 0) is 0 Å². The van der Waals surface area contributed by atoms with Crippen molar-refractivity contribution < 1.29 is 9.90 Å². The highest BCUT2D eigenvalue weighted by atomic mass is 127. The van der Waals surface area contributed by atoms with Crippen molar-refractivity contribution in [3.8, 4) is 0 Å². The van der Waals surface area contributed by atoms with Crippen molar-refractivity contribution in [1.82, 2.24) is 19.4 Å². The zero-order valence-corrected chi connectivity index (χ0v) is 12.1. The minimum atomic E-state index is -0.872. The molecule has 0 spiro atoms. The van der Waals surface area contributed by atoms with Crippen LogP contribution in [0.1, 0.15) is 12.5 Å². The number of hydrogen-bond donors (Lipinski definition) is 2. The maximum Gasteiger partial charge on any atom is 0.407 e. The molecule has 0 saturated carbocycles. The molecular weight excluding hydrogens is 361 g/mol. The molecule has 100 valence electrons. The molecule has 8 heteroatoms. The van der Waals surface area contributed by atoms with Gasteiger partial charge in [-0.15, -0.1) is 0 Å². The van der Waals surface area contributed by atoms with Gasteiger partial charge in [-0.3, -0.25) is 0 Å². The largest absolute Gasteiger partial charge is 0.465 e. The SMILES string of the molecule is Nc1ncnc2c1c(I)cn2[C@@H]1CCN(C(=O)O)C1. The molecule has 1 atom stereocenters. The highest BCUT2D eigenvalue weighted by Crippen LogP contribution is 2.31. The summed E-state index contributed by atoms with van der Waals surface area (Å²) in [6.45, 7) is 1.04. The Morgan fingerprint density at radius 2 is 2.32 bits per heavy atom. The summed E-state index contributed by atoms with van der Waals surface area (Å²) in [5.41, 5.74) is 6.64. The van der Waals surface area contributed by atoms with Crippen LogP contribution in [0.4, 0.5) is 10.6 Å². The molecule has 7 nitrogen and oxygen atoms in total. The number of nitrogens with two attached hydrogens (primary N) is 1. The van der Waals surface area contributed by atoms with Crippen LogP contribution >= 0.6 is 22.6 Å². The molecule has 1 aliphatic heterocycles. The van der Waals surface area contributed by atoms with Crippen LogP contribution in [0.5, 0.6) is 0 Å². The Kier molecular flexibility index (Phi) is 2.96. The molecule has 0 radical (unpaired) electrons. The Bertz CT molecular complexity index is 656. The number of rotatable bonds is 1. The summed E-state index contributed by atoms with van der Waals surface area (Å²) >= 11 is 2.20. The van der Waals surface area contributed by atoms with Crippen LogP contribution in [0.15, 0.2) is 12.5 Å². The minimum absolute atomic E-state index is 0.108. The van der Waals surface area contributed by atoms with Crippen LogP contribution in [0, 0.1) is 3.57 Å². The number of likely N-dealkylation sites (tertiary alicyclic amines) is 1. The third kappa shape index (κ3) is 1.99. The fourth-order valence-corrected chi connectivity index (χ4v) is 3.30. The Hall–Kier alpha value is -1.58. The van der Waals surface area contributed by atoms with Crippen LogP contribution in [-0.4, -0.2) is 43.7 Å². The average Bonchev–Trinajstić information content (AvgIpc) is 2.95. The Morgan fingerprint density at radius 3 is 3.00 bits per heavy atom. The van der Waals surface area contributed by atoms with Gasteiger partial charge in [0.05, 0.1) is 11.4 Å². The van der Waals surface area contributed by atoms with Crippen molar-refractivity contribution in [3.05, 3.63) is 16.1 Å². The van der Waals surface area contributed by atoms with E-state index in [0.717, 1.165) is 21.0 Å². The fourth-order valence-electron chi connectivity index (χ4n) is 2.48. The summed E-state index contributed by atoms with van der Waals surface area (Å²) in [6.07, 6.45) is 3.32. The lowest BCUT2D eigenvalue weighted by Crippen LogP contribution is -2.27. The average molecular weight is 373 g/mol. The van der Waals surface area contributed by atoms with Gasteiger partial charge in [0.25, 0.3) is 0 Å². The summed E-state index contributed by atoms with van der Waals surface area (Å²) in [4.78, 5) is 20.7. The zero-order valence-electron chi connectivity index (χ0n) is 9.95. The van der Waals surface area contributed by atoms with Gasteiger partial charge >= 0.3 is 6.09 Å². The van der Waals surface area contributed by atoms with Crippen molar-refractivity contribution >= 4 is 45.5 Å². The first-order chi connectivity index (χ1) is 9.08. The molecule has 1 amide bonds. The Labute approximate surface area is 122 Å². The van der Waals surface area contributed by atoms with Crippen LogP contribution in [0.3, 0.4) is 0 Å². The predicted octanol–water partition coefficient (Wildman–Crippen LogP) is 1.54. The maximum absolute atomic E-state index is 11.0. The second-order valence-corrected chi connectivity index (χ2v) is 5.68. The van der Waals surface area contributed by atoms with Gasteiger partial charge in [0.15, 0.2) is 0 Å². The smallest absolute Gasteiger partial charge is 0.407 e. The van der Waals surface area contributed by atoms with E-state index >= 15 is 0 Å². The predicted molar refractivity (Wildman–Crippen MR) is 77.9 cm³/mol. The standard InChI is InChI=1S/C11H12IN5O2/c12-7-4-17(6-1-2-16(3-6)11(18)19)10-8(7)9(13)14-5-15-10/h4-6H,1-3H2,(H,18,19)(H2,13,14,15)/t6-/m1/s1. The molecule has 3 rings (SSSR count). The highest BCUT2D eigenvalue weighted by Gasteiger charge is 2.28. The third-order valence-electron chi connectivity index (χ3n) is 3.42. The molecule has 0 bridgehead atoms. The van der Waals surface area contributed by atoms with Crippen molar-refractivity contribution in [1.29, 1.82) is 0 Å². The summed E-state index contributed by atoms with van der Waals surface area (Å²) in [6, 6.07) is 0.108. The van der Waals surface area contributed by atoms with Crippen LogP contribution < -0.4 is 5.73 Å².